The maximum atomic E-state index is 11.4. The van der Waals surface area contributed by atoms with Crippen LogP contribution in [0.5, 0.6) is 0 Å². The monoisotopic (exact) mass is 283 g/mol. The zero-order chi connectivity index (χ0) is 10.8. The average molecular weight is 284 g/mol. The molecule has 1 aliphatic heterocycles. The van der Waals surface area contributed by atoms with E-state index in [1.807, 2.05) is 0 Å². The molecule has 1 heterocycles. The van der Waals surface area contributed by atoms with Crippen molar-refractivity contribution < 1.29 is 4.79 Å². The average Bonchev–Trinajstić information content (AvgIpc) is 3.02. The fourth-order valence-electron chi connectivity index (χ4n) is 2.18. The summed E-state index contributed by atoms with van der Waals surface area (Å²) in [5.74, 6) is -0.0140. The number of hydrogen-bond donors (Lipinski definition) is 2. The van der Waals surface area contributed by atoms with Crippen molar-refractivity contribution in [1.82, 2.24) is 10.2 Å². The van der Waals surface area contributed by atoms with E-state index in [-0.39, 0.29) is 36.8 Å². The zero-order valence-corrected chi connectivity index (χ0v) is 11.9. The lowest BCUT2D eigenvalue weighted by Crippen LogP contribution is -2.49. The Morgan fingerprint density at radius 3 is 2.18 bits per heavy atom. The first-order valence-electron chi connectivity index (χ1n) is 5.97. The summed E-state index contributed by atoms with van der Waals surface area (Å²) >= 11 is 0. The molecule has 102 valence electrons. The van der Waals surface area contributed by atoms with Gasteiger partial charge in [0.05, 0.1) is 6.04 Å². The van der Waals surface area contributed by atoms with Crippen LogP contribution in [0.2, 0.25) is 0 Å². The van der Waals surface area contributed by atoms with E-state index in [4.69, 9.17) is 5.73 Å². The number of halogens is 2. The molecule has 1 saturated heterocycles. The number of nitrogens with zero attached hydrogens (tertiary/aromatic N) is 1. The summed E-state index contributed by atoms with van der Waals surface area (Å²) in [6, 6.07) is 0.819. The van der Waals surface area contributed by atoms with Crippen molar-refractivity contribution in [2.45, 2.75) is 50.7 Å². The minimum absolute atomic E-state index is 0. The standard InChI is InChI=1S/C11H21N3O.2ClH/c1-8(12)11(15)13-9-4-6-14(7-5-9)10-2-3-10;;/h8-10H,2-7,12H2,1H3,(H,13,15);2*1H. The van der Waals surface area contributed by atoms with Crippen molar-refractivity contribution in [3.8, 4) is 0 Å². The number of nitrogens with one attached hydrogen (secondary N) is 1. The minimum Gasteiger partial charge on any atom is -0.352 e. The SMILES string of the molecule is CC(N)C(=O)NC1CCN(C2CC2)CC1.Cl.Cl. The Hall–Kier alpha value is -0.0300. The number of likely N-dealkylation sites (tertiary alicyclic amines) is 1. The molecule has 2 rings (SSSR count). The molecule has 0 radical (unpaired) electrons. The smallest absolute Gasteiger partial charge is 0.236 e. The van der Waals surface area contributed by atoms with Gasteiger partial charge in [-0.15, -0.1) is 24.8 Å². The number of hydrogen-bond acceptors (Lipinski definition) is 3. The second-order valence-electron chi connectivity index (χ2n) is 4.84. The van der Waals surface area contributed by atoms with Gasteiger partial charge in [-0.25, -0.2) is 0 Å². The van der Waals surface area contributed by atoms with E-state index in [0.29, 0.717) is 6.04 Å². The topological polar surface area (TPSA) is 58.4 Å². The first kappa shape index (κ1) is 17.0. The summed E-state index contributed by atoms with van der Waals surface area (Å²) in [5, 5.41) is 3.01. The lowest BCUT2D eigenvalue weighted by Gasteiger charge is -2.32. The Kier molecular flexibility index (Phi) is 7.40. The summed E-state index contributed by atoms with van der Waals surface area (Å²) in [4.78, 5) is 13.9. The maximum Gasteiger partial charge on any atom is 0.236 e. The molecule has 0 bridgehead atoms. The van der Waals surface area contributed by atoms with Crippen LogP contribution in [-0.2, 0) is 4.79 Å². The quantitative estimate of drug-likeness (QED) is 0.810. The van der Waals surface area contributed by atoms with E-state index in [2.05, 4.69) is 10.2 Å². The molecule has 0 aromatic heterocycles. The van der Waals surface area contributed by atoms with Gasteiger partial charge >= 0.3 is 0 Å². The fraction of sp³-hybridized carbons (Fsp3) is 0.909. The summed E-state index contributed by atoms with van der Waals surface area (Å²) in [7, 11) is 0. The number of carbonyl (C=O) groups is 1. The van der Waals surface area contributed by atoms with Gasteiger partial charge in [0.15, 0.2) is 0 Å². The van der Waals surface area contributed by atoms with Gasteiger partial charge in [0.1, 0.15) is 0 Å². The van der Waals surface area contributed by atoms with Gasteiger partial charge in [-0.3, -0.25) is 4.79 Å². The molecule has 0 aromatic rings. The zero-order valence-electron chi connectivity index (χ0n) is 10.2. The minimum atomic E-state index is -0.383. The number of rotatable bonds is 3. The summed E-state index contributed by atoms with van der Waals surface area (Å²) in [5.41, 5.74) is 5.52. The second-order valence-corrected chi connectivity index (χ2v) is 4.84. The van der Waals surface area contributed by atoms with Crippen molar-refractivity contribution in [2.75, 3.05) is 13.1 Å². The van der Waals surface area contributed by atoms with Crippen molar-refractivity contribution in [1.29, 1.82) is 0 Å². The van der Waals surface area contributed by atoms with Crippen LogP contribution in [0.1, 0.15) is 32.6 Å². The second kappa shape index (κ2) is 7.41. The van der Waals surface area contributed by atoms with Gasteiger partial charge in [0.2, 0.25) is 5.91 Å². The lowest BCUT2D eigenvalue weighted by atomic mass is 10.0. The number of piperidine rings is 1. The van der Waals surface area contributed by atoms with Gasteiger partial charge in [0, 0.05) is 25.2 Å². The third kappa shape index (κ3) is 5.00. The number of carbonyl (C=O) groups excluding carboxylic acids is 1. The van der Waals surface area contributed by atoms with E-state index in [0.717, 1.165) is 32.0 Å². The van der Waals surface area contributed by atoms with E-state index in [9.17, 15) is 4.79 Å². The van der Waals surface area contributed by atoms with Crippen LogP contribution in [0.3, 0.4) is 0 Å². The molecule has 1 unspecified atom stereocenters. The Morgan fingerprint density at radius 2 is 1.76 bits per heavy atom. The highest BCUT2D eigenvalue weighted by atomic mass is 35.5. The first-order chi connectivity index (χ1) is 7.16. The van der Waals surface area contributed by atoms with Crippen LogP contribution in [0.15, 0.2) is 0 Å². The largest absolute Gasteiger partial charge is 0.352 e. The molecule has 0 aromatic carbocycles. The predicted octanol–water partition coefficient (Wildman–Crippen LogP) is 0.920. The van der Waals surface area contributed by atoms with Crippen LogP contribution in [-0.4, -0.2) is 42.0 Å². The molecular formula is C11H23Cl2N3O. The van der Waals surface area contributed by atoms with Crippen molar-refractivity contribution in [3.63, 3.8) is 0 Å². The Bertz CT molecular complexity index is 239. The van der Waals surface area contributed by atoms with Crippen molar-refractivity contribution in [3.05, 3.63) is 0 Å². The summed E-state index contributed by atoms with van der Waals surface area (Å²) in [6.45, 7) is 4.00. The molecular weight excluding hydrogens is 261 g/mol. The molecule has 4 nitrogen and oxygen atoms in total. The molecule has 2 fully saturated rings. The number of nitrogens with two attached hydrogens (primary N) is 1. The molecule has 1 atom stereocenters. The van der Waals surface area contributed by atoms with Gasteiger partial charge in [-0.2, -0.15) is 0 Å². The van der Waals surface area contributed by atoms with E-state index in [1.165, 1.54) is 12.8 Å². The first-order valence-corrected chi connectivity index (χ1v) is 5.97. The molecule has 2 aliphatic rings. The highest BCUT2D eigenvalue weighted by Gasteiger charge is 2.32. The molecule has 1 aliphatic carbocycles. The van der Waals surface area contributed by atoms with E-state index in [1.54, 1.807) is 6.92 Å². The van der Waals surface area contributed by atoms with Gasteiger partial charge < -0.3 is 16.0 Å². The Labute approximate surface area is 115 Å². The Morgan fingerprint density at radius 1 is 1.24 bits per heavy atom. The molecule has 3 N–H and O–H groups in total. The molecule has 17 heavy (non-hydrogen) atoms. The third-order valence-corrected chi connectivity index (χ3v) is 3.35. The molecule has 1 saturated carbocycles. The normalized spacial score (nSPS) is 23.2. The molecule has 1 amide bonds. The summed E-state index contributed by atoms with van der Waals surface area (Å²) in [6.07, 6.45) is 4.90. The van der Waals surface area contributed by atoms with Crippen LogP contribution >= 0.6 is 24.8 Å². The fourth-order valence-corrected chi connectivity index (χ4v) is 2.18. The van der Waals surface area contributed by atoms with Gasteiger partial charge in [-0.05, 0) is 32.6 Å². The van der Waals surface area contributed by atoms with Gasteiger partial charge in [0.25, 0.3) is 0 Å². The third-order valence-electron chi connectivity index (χ3n) is 3.35. The van der Waals surface area contributed by atoms with Crippen LogP contribution in [0, 0.1) is 0 Å². The van der Waals surface area contributed by atoms with Gasteiger partial charge in [-0.1, -0.05) is 0 Å². The van der Waals surface area contributed by atoms with E-state index >= 15 is 0 Å². The van der Waals surface area contributed by atoms with Crippen LogP contribution in [0.25, 0.3) is 0 Å². The highest BCUT2D eigenvalue weighted by Crippen LogP contribution is 2.29. The van der Waals surface area contributed by atoms with Crippen molar-refractivity contribution >= 4 is 30.7 Å². The van der Waals surface area contributed by atoms with Crippen molar-refractivity contribution in [2.24, 2.45) is 5.73 Å². The van der Waals surface area contributed by atoms with Crippen LogP contribution in [0.4, 0.5) is 0 Å². The maximum absolute atomic E-state index is 11.4. The summed E-state index contributed by atoms with van der Waals surface area (Å²) < 4.78 is 0. The molecule has 0 spiro atoms. The predicted molar refractivity (Wildman–Crippen MR) is 73.9 cm³/mol. The van der Waals surface area contributed by atoms with Crippen LogP contribution < -0.4 is 11.1 Å². The lowest BCUT2D eigenvalue weighted by molar-refractivity contribution is -0.123. The van der Waals surface area contributed by atoms with E-state index < -0.39 is 0 Å². The number of amides is 1. The Balaban J connectivity index is 0.00000128. The highest BCUT2D eigenvalue weighted by molar-refractivity contribution is 5.85. The molecule has 6 heteroatoms.